The van der Waals surface area contributed by atoms with Crippen LogP contribution >= 0.6 is 0 Å². The molecule has 0 aliphatic heterocycles. The molecule has 2 N–H and O–H groups in total. The second-order valence-corrected chi connectivity index (χ2v) is 3.13. The minimum atomic E-state index is -1.12. The normalized spacial score (nSPS) is 9.71. The second-order valence-electron chi connectivity index (χ2n) is 3.13. The molecule has 0 saturated carbocycles. The fourth-order valence-electron chi connectivity index (χ4n) is 1.17. The number of nitrogens with one attached hydrogen (secondary N) is 1. The highest BCUT2D eigenvalue weighted by Gasteiger charge is 2.07. The van der Waals surface area contributed by atoms with Gasteiger partial charge in [0, 0.05) is 0 Å². The van der Waals surface area contributed by atoms with E-state index in [0.717, 1.165) is 0 Å². The first-order chi connectivity index (χ1) is 8.13. The number of benzene rings is 1. The first-order valence-electron chi connectivity index (χ1n) is 4.86. The van der Waals surface area contributed by atoms with Gasteiger partial charge in [0.05, 0.1) is 12.8 Å². The van der Waals surface area contributed by atoms with Crippen molar-refractivity contribution < 1.29 is 24.2 Å². The molecule has 0 spiro atoms. The van der Waals surface area contributed by atoms with Crippen LogP contribution in [0.5, 0.6) is 5.75 Å². The van der Waals surface area contributed by atoms with E-state index in [1.807, 2.05) is 0 Å². The maximum Gasteiger partial charge on any atom is 0.329 e. The first kappa shape index (κ1) is 13.0. The van der Waals surface area contributed by atoms with Crippen LogP contribution in [0.4, 0.5) is 5.69 Å². The highest BCUT2D eigenvalue weighted by atomic mass is 16.5. The molecule has 0 heterocycles. The molecule has 92 valence electrons. The van der Waals surface area contributed by atoms with Crippen molar-refractivity contribution in [2.75, 3.05) is 25.6 Å². The van der Waals surface area contributed by atoms with E-state index in [-0.39, 0.29) is 6.61 Å². The molecule has 0 radical (unpaired) electrons. The van der Waals surface area contributed by atoms with Crippen molar-refractivity contribution in [2.45, 2.75) is 0 Å². The number of para-hydroxylation sites is 2. The lowest BCUT2D eigenvalue weighted by Crippen LogP contribution is -2.20. The Morgan fingerprint density at radius 3 is 2.65 bits per heavy atom. The number of hydrogen-bond donors (Lipinski definition) is 2. The Balaban J connectivity index is 2.47. The molecule has 1 amide bonds. The largest absolute Gasteiger partial charge is 0.495 e. The second kappa shape index (κ2) is 6.49. The van der Waals surface area contributed by atoms with E-state index in [1.165, 1.54) is 7.11 Å². The summed E-state index contributed by atoms with van der Waals surface area (Å²) >= 11 is 0. The Morgan fingerprint density at radius 2 is 2.00 bits per heavy atom. The van der Waals surface area contributed by atoms with Crippen LogP contribution in [0, 0.1) is 0 Å². The third kappa shape index (κ3) is 4.52. The molecule has 0 bridgehead atoms. The van der Waals surface area contributed by atoms with Gasteiger partial charge in [0.25, 0.3) is 0 Å². The summed E-state index contributed by atoms with van der Waals surface area (Å²) in [7, 11) is 1.49. The molecule has 1 rings (SSSR count). The lowest BCUT2D eigenvalue weighted by atomic mass is 10.3. The summed E-state index contributed by atoms with van der Waals surface area (Å²) in [6.45, 7) is -0.816. The quantitative estimate of drug-likeness (QED) is 0.764. The van der Waals surface area contributed by atoms with Gasteiger partial charge in [0.1, 0.15) is 19.0 Å². The third-order valence-corrected chi connectivity index (χ3v) is 1.84. The molecule has 6 nitrogen and oxygen atoms in total. The Bertz CT molecular complexity index is 405. The Kier molecular flexibility index (Phi) is 4.96. The number of amides is 1. The summed E-state index contributed by atoms with van der Waals surface area (Å²) in [4.78, 5) is 21.5. The molecule has 0 aromatic heterocycles. The average Bonchev–Trinajstić information content (AvgIpc) is 2.29. The van der Waals surface area contributed by atoms with Crippen molar-refractivity contribution in [1.82, 2.24) is 0 Å². The summed E-state index contributed by atoms with van der Waals surface area (Å²) in [5, 5.41) is 10.9. The molecule has 0 unspecified atom stereocenters. The van der Waals surface area contributed by atoms with E-state index >= 15 is 0 Å². The maximum absolute atomic E-state index is 11.4. The number of anilines is 1. The maximum atomic E-state index is 11.4. The number of carboxylic acids is 1. The van der Waals surface area contributed by atoms with Gasteiger partial charge in [-0.15, -0.1) is 0 Å². The predicted molar refractivity (Wildman–Crippen MR) is 60.1 cm³/mol. The zero-order valence-electron chi connectivity index (χ0n) is 9.30. The highest BCUT2D eigenvalue weighted by Crippen LogP contribution is 2.22. The van der Waals surface area contributed by atoms with Crippen LogP contribution in [0.2, 0.25) is 0 Å². The number of carbonyl (C=O) groups excluding carboxylic acids is 1. The molecule has 1 aromatic carbocycles. The van der Waals surface area contributed by atoms with Gasteiger partial charge in [-0.1, -0.05) is 12.1 Å². The number of rotatable bonds is 6. The van der Waals surface area contributed by atoms with Gasteiger partial charge in [0.15, 0.2) is 0 Å². The summed E-state index contributed by atoms with van der Waals surface area (Å²) in [5.41, 5.74) is 0.513. The smallest absolute Gasteiger partial charge is 0.329 e. The minimum absolute atomic E-state index is 0.315. The van der Waals surface area contributed by atoms with E-state index in [1.54, 1.807) is 24.3 Å². The average molecular weight is 239 g/mol. The Hall–Kier alpha value is -2.08. The van der Waals surface area contributed by atoms with Gasteiger partial charge in [0.2, 0.25) is 5.91 Å². The van der Waals surface area contributed by atoms with Crippen molar-refractivity contribution in [2.24, 2.45) is 0 Å². The van der Waals surface area contributed by atoms with Crippen molar-refractivity contribution >= 4 is 17.6 Å². The van der Waals surface area contributed by atoms with Crippen LogP contribution in [-0.2, 0) is 14.3 Å². The van der Waals surface area contributed by atoms with Gasteiger partial charge >= 0.3 is 5.97 Å². The summed E-state index contributed by atoms with van der Waals surface area (Å²) in [5.74, 6) is -1.02. The molecular formula is C11H13NO5. The van der Waals surface area contributed by atoms with Crippen molar-refractivity contribution in [1.29, 1.82) is 0 Å². The number of aliphatic carboxylic acids is 1. The first-order valence-corrected chi connectivity index (χ1v) is 4.86. The van der Waals surface area contributed by atoms with Crippen LogP contribution in [0.15, 0.2) is 24.3 Å². The van der Waals surface area contributed by atoms with E-state index in [9.17, 15) is 9.59 Å². The van der Waals surface area contributed by atoms with Gasteiger partial charge in [-0.2, -0.15) is 0 Å². The summed E-state index contributed by atoms with van der Waals surface area (Å²) in [6, 6.07) is 6.90. The van der Waals surface area contributed by atoms with Crippen LogP contribution < -0.4 is 10.1 Å². The number of carbonyl (C=O) groups is 2. The molecule has 6 heteroatoms. The zero-order valence-corrected chi connectivity index (χ0v) is 9.30. The number of ether oxygens (including phenoxy) is 2. The van der Waals surface area contributed by atoms with Crippen LogP contribution in [-0.4, -0.2) is 37.3 Å². The van der Waals surface area contributed by atoms with Crippen molar-refractivity contribution in [3.05, 3.63) is 24.3 Å². The fraction of sp³-hybridized carbons (Fsp3) is 0.273. The van der Waals surface area contributed by atoms with Crippen molar-refractivity contribution in [3.63, 3.8) is 0 Å². The van der Waals surface area contributed by atoms with Crippen LogP contribution in [0.3, 0.4) is 0 Å². The van der Waals surface area contributed by atoms with Crippen LogP contribution in [0.25, 0.3) is 0 Å². The molecule has 0 fully saturated rings. The van der Waals surface area contributed by atoms with Crippen LogP contribution in [0.1, 0.15) is 0 Å². The lowest BCUT2D eigenvalue weighted by Gasteiger charge is -2.09. The topological polar surface area (TPSA) is 84.9 Å². The van der Waals surface area contributed by atoms with Crippen molar-refractivity contribution in [3.8, 4) is 5.75 Å². The minimum Gasteiger partial charge on any atom is -0.495 e. The van der Waals surface area contributed by atoms with Gasteiger partial charge in [-0.25, -0.2) is 4.79 Å². The summed E-state index contributed by atoms with van der Waals surface area (Å²) < 4.78 is 9.69. The van der Waals surface area contributed by atoms with Gasteiger partial charge in [-0.3, -0.25) is 4.79 Å². The Morgan fingerprint density at radius 1 is 1.29 bits per heavy atom. The highest BCUT2D eigenvalue weighted by molar-refractivity contribution is 5.93. The van der Waals surface area contributed by atoms with E-state index < -0.39 is 18.5 Å². The lowest BCUT2D eigenvalue weighted by molar-refractivity contribution is -0.143. The molecule has 0 aliphatic carbocycles. The molecular weight excluding hydrogens is 226 g/mol. The molecule has 0 aliphatic rings. The van der Waals surface area contributed by atoms with E-state index in [0.29, 0.717) is 11.4 Å². The molecule has 1 aromatic rings. The Labute approximate surface area is 98.2 Å². The fourth-order valence-corrected chi connectivity index (χ4v) is 1.17. The molecule has 0 atom stereocenters. The SMILES string of the molecule is COc1ccccc1NC(=O)COCC(=O)O. The third-order valence-electron chi connectivity index (χ3n) is 1.84. The zero-order chi connectivity index (χ0) is 12.7. The standard InChI is InChI=1S/C11H13NO5/c1-16-9-5-3-2-4-8(9)12-10(13)6-17-7-11(14)15/h2-5H,6-7H2,1H3,(H,12,13)(H,14,15). The number of hydrogen-bond acceptors (Lipinski definition) is 4. The number of methoxy groups -OCH3 is 1. The number of carboxylic acid groups (broad SMARTS) is 1. The monoisotopic (exact) mass is 239 g/mol. The van der Waals surface area contributed by atoms with E-state index in [4.69, 9.17) is 9.84 Å². The van der Waals surface area contributed by atoms with Gasteiger partial charge < -0.3 is 19.9 Å². The summed E-state index contributed by atoms with van der Waals surface area (Å²) in [6.07, 6.45) is 0. The molecule has 0 saturated heterocycles. The van der Waals surface area contributed by atoms with Gasteiger partial charge in [-0.05, 0) is 12.1 Å². The van der Waals surface area contributed by atoms with E-state index in [2.05, 4.69) is 10.1 Å². The molecule has 17 heavy (non-hydrogen) atoms. The predicted octanol–water partition coefficient (Wildman–Crippen LogP) is 0.735.